The van der Waals surface area contributed by atoms with Gasteiger partial charge in [0.2, 0.25) is 0 Å². The summed E-state index contributed by atoms with van der Waals surface area (Å²) in [5, 5.41) is 11.1. The molecule has 1 saturated carbocycles. The van der Waals surface area contributed by atoms with Crippen molar-refractivity contribution in [1.82, 2.24) is 15.8 Å². The minimum Gasteiger partial charge on any atom is -0.361 e. The first-order valence-electron chi connectivity index (χ1n) is 9.10. The van der Waals surface area contributed by atoms with Crippen LogP contribution in [0.3, 0.4) is 0 Å². The van der Waals surface area contributed by atoms with E-state index in [2.05, 4.69) is 41.6 Å². The molecule has 1 aromatic heterocycles. The van der Waals surface area contributed by atoms with Crippen LogP contribution >= 0.6 is 0 Å². The highest BCUT2D eigenvalue weighted by Gasteiger charge is 2.21. The van der Waals surface area contributed by atoms with Crippen LogP contribution in [0.5, 0.6) is 0 Å². The van der Waals surface area contributed by atoms with Crippen LogP contribution in [0, 0.1) is 11.8 Å². The second-order valence-corrected chi connectivity index (χ2v) is 6.57. The van der Waals surface area contributed by atoms with Crippen molar-refractivity contribution in [3.63, 3.8) is 0 Å². The Morgan fingerprint density at radius 1 is 1.22 bits per heavy atom. The van der Waals surface area contributed by atoms with Crippen LogP contribution in [-0.4, -0.2) is 24.7 Å². The lowest BCUT2D eigenvalue weighted by atomic mass is 9.80. The summed E-state index contributed by atoms with van der Waals surface area (Å²) in [4.78, 5) is 4.35. The first-order chi connectivity index (χ1) is 11.2. The summed E-state index contributed by atoms with van der Waals surface area (Å²) in [6.45, 7) is 8.31. The number of nitrogens with one attached hydrogen (secondary N) is 2. The SMILES string of the molecule is CCc1noc(CC)c1CNC(=NC)NCC1CCCCC1C. The molecule has 2 N–H and O–H groups in total. The van der Waals surface area contributed by atoms with E-state index in [-0.39, 0.29) is 0 Å². The molecule has 0 saturated heterocycles. The van der Waals surface area contributed by atoms with E-state index >= 15 is 0 Å². The van der Waals surface area contributed by atoms with Gasteiger partial charge in [-0.15, -0.1) is 0 Å². The molecule has 0 radical (unpaired) electrons. The van der Waals surface area contributed by atoms with Crippen molar-refractivity contribution in [3.8, 4) is 0 Å². The maximum atomic E-state index is 5.42. The lowest BCUT2D eigenvalue weighted by Crippen LogP contribution is -2.41. The largest absolute Gasteiger partial charge is 0.361 e. The molecule has 1 heterocycles. The molecule has 0 amide bonds. The molecule has 1 fully saturated rings. The summed E-state index contributed by atoms with van der Waals surface area (Å²) in [6.07, 6.45) is 7.21. The first kappa shape index (κ1) is 17.8. The average molecular weight is 320 g/mol. The van der Waals surface area contributed by atoms with Gasteiger partial charge in [-0.1, -0.05) is 45.2 Å². The summed E-state index contributed by atoms with van der Waals surface area (Å²) >= 11 is 0. The third-order valence-corrected chi connectivity index (χ3v) is 5.08. The molecular formula is C18H32N4O. The number of hydrogen-bond donors (Lipinski definition) is 2. The lowest BCUT2D eigenvalue weighted by Gasteiger charge is -2.29. The molecule has 5 nitrogen and oxygen atoms in total. The van der Waals surface area contributed by atoms with E-state index in [4.69, 9.17) is 4.52 Å². The fourth-order valence-electron chi connectivity index (χ4n) is 3.45. The molecule has 0 spiro atoms. The Hall–Kier alpha value is -1.52. The monoisotopic (exact) mass is 320 g/mol. The molecule has 0 bridgehead atoms. The van der Waals surface area contributed by atoms with Gasteiger partial charge < -0.3 is 15.2 Å². The van der Waals surface area contributed by atoms with Crippen molar-refractivity contribution < 1.29 is 4.52 Å². The van der Waals surface area contributed by atoms with Crippen LogP contribution in [-0.2, 0) is 19.4 Å². The van der Waals surface area contributed by atoms with Gasteiger partial charge in [0.05, 0.1) is 5.69 Å². The highest BCUT2D eigenvalue weighted by molar-refractivity contribution is 5.79. The summed E-state index contributed by atoms with van der Waals surface area (Å²) in [5.74, 6) is 3.42. The number of hydrogen-bond acceptors (Lipinski definition) is 3. The van der Waals surface area contributed by atoms with Crippen molar-refractivity contribution in [2.45, 2.75) is 65.8 Å². The standard InChI is InChI=1S/C18H32N4O/c1-5-16-15(17(6-2)23-22-16)12-21-18(19-4)20-11-14-10-8-7-9-13(14)3/h13-14H,5-12H2,1-4H3,(H2,19,20,21). The van der Waals surface area contributed by atoms with Crippen molar-refractivity contribution in [1.29, 1.82) is 0 Å². The van der Waals surface area contributed by atoms with E-state index in [1.54, 1.807) is 0 Å². The molecule has 0 aliphatic heterocycles. The van der Waals surface area contributed by atoms with E-state index in [9.17, 15) is 0 Å². The topological polar surface area (TPSA) is 62.5 Å². The van der Waals surface area contributed by atoms with E-state index in [0.717, 1.165) is 55.2 Å². The summed E-state index contributed by atoms with van der Waals surface area (Å²) in [6, 6.07) is 0. The van der Waals surface area contributed by atoms with Crippen molar-refractivity contribution in [2.75, 3.05) is 13.6 Å². The van der Waals surface area contributed by atoms with Gasteiger partial charge in [-0.05, 0) is 24.7 Å². The van der Waals surface area contributed by atoms with Crippen LogP contribution in [0.1, 0.15) is 63.5 Å². The maximum absolute atomic E-state index is 5.42. The van der Waals surface area contributed by atoms with Crippen LogP contribution in [0.15, 0.2) is 9.52 Å². The van der Waals surface area contributed by atoms with E-state index in [1.165, 1.54) is 31.2 Å². The van der Waals surface area contributed by atoms with Gasteiger partial charge in [0.1, 0.15) is 5.76 Å². The van der Waals surface area contributed by atoms with E-state index < -0.39 is 0 Å². The van der Waals surface area contributed by atoms with Gasteiger partial charge >= 0.3 is 0 Å². The first-order valence-corrected chi connectivity index (χ1v) is 9.10. The Morgan fingerprint density at radius 3 is 2.65 bits per heavy atom. The Kier molecular flexibility index (Phi) is 6.93. The van der Waals surface area contributed by atoms with Crippen LogP contribution in [0.2, 0.25) is 0 Å². The molecule has 23 heavy (non-hydrogen) atoms. The molecule has 1 aliphatic rings. The molecule has 2 atom stereocenters. The van der Waals surface area contributed by atoms with E-state index in [0.29, 0.717) is 0 Å². The normalized spacial score (nSPS) is 22.2. The van der Waals surface area contributed by atoms with Crippen LogP contribution in [0.25, 0.3) is 0 Å². The number of aryl methyl sites for hydroxylation is 2. The van der Waals surface area contributed by atoms with Gasteiger partial charge in [0, 0.05) is 32.1 Å². The summed E-state index contributed by atoms with van der Waals surface area (Å²) < 4.78 is 5.42. The highest BCUT2D eigenvalue weighted by Crippen LogP contribution is 2.28. The fraction of sp³-hybridized carbons (Fsp3) is 0.778. The number of nitrogens with zero attached hydrogens (tertiary/aromatic N) is 2. The molecular weight excluding hydrogens is 288 g/mol. The predicted octanol–water partition coefficient (Wildman–Crippen LogP) is 3.29. The second-order valence-electron chi connectivity index (χ2n) is 6.57. The number of aliphatic imine (C=N–C) groups is 1. The van der Waals surface area contributed by atoms with Gasteiger partial charge in [-0.3, -0.25) is 4.99 Å². The zero-order valence-corrected chi connectivity index (χ0v) is 15.1. The molecule has 2 rings (SSSR count). The number of aromatic nitrogens is 1. The van der Waals surface area contributed by atoms with Gasteiger partial charge in [-0.2, -0.15) is 0 Å². The van der Waals surface area contributed by atoms with Gasteiger partial charge in [0.15, 0.2) is 5.96 Å². The third kappa shape index (κ3) is 4.72. The Bertz CT molecular complexity index is 488. The minimum atomic E-state index is 0.718. The number of rotatable bonds is 6. The Balaban J connectivity index is 1.87. The van der Waals surface area contributed by atoms with Crippen molar-refractivity contribution >= 4 is 5.96 Å². The Labute approximate surface area is 140 Å². The molecule has 0 aromatic carbocycles. The summed E-state index contributed by atoms with van der Waals surface area (Å²) in [7, 11) is 1.83. The smallest absolute Gasteiger partial charge is 0.191 e. The Morgan fingerprint density at radius 2 is 2.00 bits per heavy atom. The zero-order valence-electron chi connectivity index (χ0n) is 15.1. The average Bonchev–Trinajstić information content (AvgIpc) is 2.98. The quantitative estimate of drug-likeness (QED) is 0.623. The zero-order chi connectivity index (χ0) is 16.7. The van der Waals surface area contributed by atoms with E-state index in [1.807, 2.05) is 7.05 Å². The minimum absolute atomic E-state index is 0.718. The third-order valence-electron chi connectivity index (χ3n) is 5.08. The molecule has 1 aromatic rings. The van der Waals surface area contributed by atoms with Gasteiger partial charge in [0.25, 0.3) is 0 Å². The maximum Gasteiger partial charge on any atom is 0.191 e. The molecule has 1 aliphatic carbocycles. The summed E-state index contributed by atoms with van der Waals surface area (Å²) in [5.41, 5.74) is 2.23. The number of guanidine groups is 1. The van der Waals surface area contributed by atoms with Crippen molar-refractivity contribution in [3.05, 3.63) is 17.0 Å². The fourth-order valence-corrected chi connectivity index (χ4v) is 3.45. The van der Waals surface area contributed by atoms with Crippen LogP contribution < -0.4 is 10.6 Å². The predicted molar refractivity (Wildman–Crippen MR) is 94.6 cm³/mol. The van der Waals surface area contributed by atoms with Crippen LogP contribution in [0.4, 0.5) is 0 Å². The molecule has 5 heteroatoms. The highest BCUT2D eigenvalue weighted by atomic mass is 16.5. The van der Waals surface area contributed by atoms with Crippen molar-refractivity contribution in [2.24, 2.45) is 16.8 Å². The molecule has 2 unspecified atom stereocenters. The lowest BCUT2D eigenvalue weighted by molar-refractivity contribution is 0.256. The molecule has 130 valence electrons. The second kappa shape index (κ2) is 8.94. The van der Waals surface area contributed by atoms with Gasteiger partial charge in [-0.25, -0.2) is 0 Å².